The number of nitrogens with zero attached hydrogens (tertiary/aromatic N) is 1. The van der Waals surface area contributed by atoms with Crippen LogP contribution < -0.4 is 10.1 Å². The Kier molecular flexibility index (Phi) is 3.55. The molecule has 1 saturated heterocycles. The summed E-state index contributed by atoms with van der Waals surface area (Å²) in [6, 6.07) is 7.05. The summed E-state index contributed by atoms with van der Waals surface area (Å²) in [5.74, 6) is 0.135. The number of likely N-dealkylation sites (tertiary alicyclic amines) is 1. The maximum atomic E-state index is 12.6. The number of ether oxygens (including phenoxy) is 1. The molecule has 1 heterocycles. The summed E-state index contributed by atoms with van der Waals surface area (Å²) in [5, 5.41) is 2.72. The van der Waals surface area contributed by atoms with Crippen LogP contribution in [0.2, 0.25) is 0 Å². The molecule has 3 aliphatic rings. The summed E-state index contributed by atoms with van der Waals surface area (Å²) in [6.45, 7) is -0.220. The first-order chi connectivity index (χ1) is 11.6. The Labute approximate surface area is 140 Å². The van der Waals surface area contributed by atoms with E-state index in [1.165, 1.54) is 7.11 Å². The zero-order chi connectivity index (χ0) is 16.8. The smallest absolute Gasteiger partial charge is 0.244 e. The Bertz CT molecular complexity index is 689. The van der Waals surface area contributed by atoms with Crippen LogP contribution >= 0.6 is 0 Å². The molecule has 0 unspecified atom stereocenters. The van der Waals surface area contributed by atoms with Crippen LogP contribution in [-0.2, 0) is 14.4 Å². The third-order valence-electron chi connectivity index (χ3n) is 5.70. The van der Waals surface area contributed by atoms with Gasteiger partial charge in [0.05, 0.1) is 24.6 Å². The molecule has 3 fully saturated rings. The number of benzene rings is 1. The molecule has 6 nitrogen and oxygen atoms in total. The van der Waals surface area contributed by atoms with Gasteiger partial charge in [0.25, 0.3) is 0 Å². The van der Waals surface area contributed by atoms with E-state index >= 15 is 0 Å². The van der Waals surface area contributed by atoms with Crippen LogP contribution in [0.1, 0.15) is 19.3 Å². The van der Waals surface area contributed by atoms with E-state index in [9.17, 15) is 14.4 Å². The van der Waals surface area contributed by atoms with Crippen molar-refractivity contribution in [3.05, 3.63) is 24.3 Å². The fourth-order valence-electron chi connectivity index (χ4n) is 4.71. The molecule has 4 rings (SSSR count). The Morgan fingerprint density at radius 2 is 1.79 bits per heavy atom. The predicted molar refractivity (Wildman–Crippen MR) is 86.2 cm³/mol. The van der Waals surface area contributed by atoms with Crippen molar-refractivity contribution in [3.63, 3.8) is 0 Å². The van der Waals surface area contributed by atoms with E-state index in [4.69, 9.17) is 4.74 Å². The zero-order valence-corrected chi connectivity index (χ0v) is 13.5. The molecular formula is C18H20N2O4. The fourth-order valence-corrected chi connectivity index (χ4v) is 4.71. The van der Waals surface area contributed by atoms with Crippen LogP contribution in [0, 0.1) is 23.7 Å². The van der Waals surface area contributed by atoms with Gasteiger partial charge in [-0.3, -0.25) is 19.3 Å². The molecule has 3 amide bonds. The average molecular weight is 328 g/mol. The highest BCUT2D eigenvalue weighted by atomic mass is 16.5. The number of imide groups is 1. The van der Waals surface area contributed by atoms with E-state index in [0.717, 1.165) is 24.2 Å². The topological polar surface area (TPSA) is 75.7 Å². The minimum absolute atomic E-state index is 0.160. The Morgan fingerprint density at radius 1 is 1.17 bits per heavy atom. The van der Waals surface area contributed by atoms with Gasteiger partial charge in [0.2, 0.25) is 17.7 Å². The molecule has 126 valence electrons. The number of rotatable bonds is 4. The molecule has 1 N–H and O–H groups in total. The van der Waals surface area contributed by atoms with Gasteiger partial charge in [0.1, 0.15) is 12.3 Å². The second-order valence-corrected chi connectivity index (χ2v) is 6.90. The molecule has 24 heavy (non-hydrogen) atoms. The van der Waals surface area contributed by atoms with Crippen molar-refractivity contribution < 1.29 is 19.1 Å². The molecule has 2 saturated carbocycles. The van der Waals surface area contributed by atoms with Gasteiger partial charge in [-0.25, -0.2) is 0 Å². The number of hydrogen-bond acceptors (Lipinski definition) is 4. The second kappa shape index (κ2) is 5.61. The highest BCUT2D eigenvalue weighted by molar-refractivity contribution is 6.09. The number of para-hydroxylation sites is 2. The number of nitrogens with one attached hydrogen (secondary N) is 1. The van der Waals surface area contributed by atoms with E-state index in [0.29, 0.717) is 23.3 Å². The summed E-state index contributed by atoms with van der Waals surface area (Å²) in [7, 11) is 1.52. The number of carbonyl (C=O) groups is 3. The van der Waals surface area contributed by atoms with Gasteiger partial charge in [-0.1, -0.05) is 12.1 Å². The van der Waals surface area contributed by atoms with E-state index < -0.39 is 0 Å². The third-order valence-corrected chi connectivity index (χ3v) is 5.70. The van der Waals surface area contributed by atoms with Crippen molar-refractivity contribution in [2.45, 2.75) is 19.3 Å². The van der Waals surface area contributed by atoms with Gasteiger partial charge >= 0.3 is 0 Å². The molecule has 0 radical (unpaired) electrons. The van der Waals surface area contributed by atoms with Gasteiger partial charge in [0.15, 0.2) is 0 Å². The largest absolute Gasteiger partial charge is 0.495 e. The summed E-state index contributed by atoms with van der Waals surface area (Å²) < 4.78 is 5.19. The van der Waals surface area contributed by atoms with Gasteiger partial charge in [-0.15, -0.1) is 0 Å². The Balaban J connectivity index is 1.47. The van der Waals surface area contributed by atoms with Crippen molar-refractivity contribution in [1.82, 2.24) is 4.90 Å². The van der Waals surface area contributed by atoms with E-state index in [-0.39, 0.29) is 36.1 Å². The lowest BCUT2D eigenvalue weighted by Crippen LogP contribution is -2.39. The molecule has 2 bridgehead atoms. The summed E-state index contributed by atoms with van der Waals surface area (Å²) >= 11 is 0. The molecule has 1 aromatic rings. The highest BCUT2D eigenvalue weighted by Crippen LogP contribution is 2.56. The third kappa shape index (κ3) is 2.20. The second-order valence-electron chi connectivity index (χ2n) is 6.90. The highest BCUT2D eigenvalue weighted by Gasteiger charge is 2.60. The minimum Gasteiger partial charge on any atom is -0.495 e. The van der Waals surface area contributed by atoms with E-state index in [1.54, 1.807) is 24.3 Å². The molecule has 4 atom stereocenters. The molecule has 2 aliphatic carbocycles. The van der Waals surface area contributed by atoms with Crippen molar-refractivity contribution in [2.24, 2.45) is 23.7 Å². The minimum atomic E-state index is -0.381. The molecule has 0 spiro atoms. The average Bonchev–Trinajstić information content (AvgIpc) is 3.25. The van der Waals surface area contributed by atoms with E-state index in [2.05, 4.69) is 5.32 Å². The first kappa shape index (κ1) is 15.2. The Morgan fingerprint density at radius 3 is 2.42 bits per heavy atom. The molecule has 0 aromatic heterocycles. The van der Waals surface area contributed by atoms with Crippen LogP contribution in [0.25, 0.3) is 0 Å². The lowest BCUT2D eigenvalue weighted by atomic mass is 9.81. The number of hydrogen-bond donors (Lipinski definition) is 1. The van der Waals surface area contributed by atoms with E-state index in [1.807, 2.05) is 0 Å². The standard InChI is InChI=1S/C18H20N2O4/c1-24-13-5-3-2-4-12(13)19-14(21)9-20-17(22)15-10-6-7-11(8-10)16(15)18(20)23/h2-5,10-11,15-16H,6-9H2,1H3,(H,19,21)/t10-,11+,15+,16-. The zero-order valence-electron chi connectivity index (χ0n) is 13.5. The van der Waals surface area contributed by atoms with Gasteiger partial charge in [-0.05, 0) is 43.2 Å². The predicted octanol–water partition coefficient (Wildman–Crippen LogP) is 1.66. The van der Waals surface area contributed by atoms with Crippen LogP contribution in [0.5, 0.6) is 5.75 Å². The summed E-state index contributed by atoms with van der Waals surface area (Å²) in [5.41, 5.74) is 0.532. The van der Waals surface area contributed by atoms with Crippen molar-refractivity contribution in [2.75, 3.05) is 19.0 Å². The first-order valence-corrected chi connectivity index (χ1v) is 8.38. The Hall–Kier alpha value is -2.37. The first-order valence-electron chi connectivity index (χ1n) is 8.38. The van der Waals surface area contributed by atoms with Crippen LogP contribution in [-0.4, -0.2) is 36.3 Å². The number of amides is 3. The molecule has 6 heteroatoms. The van der Waals surface area contributed by atoms with Crippen LogP contribution in [0.4, 0.5) is 5.69 Å². The quantitative estimate of drug-likeness (QED) is 0.853. The number of carbonyl (C=O) groups excluding carboxylic acids is 3. The van der Waals surface area contributed by atoms with Crippen molar-refractivity contribution in [1.29, 1.82) is 0 Å². The van der Waals surface area contributed by atoms with Crippen LogP contribution in [0.15, 0.2) is 24.3 Å². The lowest BCUT2D eigenvalue weighted by Gasteiger charge is -2.19. The SMILES string of the molecule is COc1ccccc1NC(=O)CN1C(=O)[C@@H]2[C@H]3CC[C@H](C3)[C@@H]2C1=O. The summed E-state index contributed by atoms with van der Waals surface area (Å²) in [4.78, 5) is 38.7. The normalized spacial score (nSPS) is 30.6. The van der Waals surface area contributed by atoms with Crippen LogP contribution in [0.3, 0.4) is 0 Å². The molecular weight excluding hydrogens is 308 g/mol. The number of methoxy groups -OCH3 is 1. The van der Waals surface area contributed by atoms with Gasteiger partial charge in [0, 0.05) is 0 Å². The number of anilines is 1. The lowest BCUT2D eigenvalue weighted by molar-refractivity contribution is -0.143. The van der Waals surface area contributed by atoms with Crippen molar-refractivity contribution in [3.8, 4) is 5.75 Å². The maximum absolute atomic E-state index is 12.6. The molecule has 1 aromatic carbocycles. The number of fused-ring (bicyclic) bond motifs is 5. The van der Waals surface area contributed by atoms with Gasteiger partial charge < -0.3 is 10.1 Å². The van der Waals surface area contributed by atoms with Gasteiger partial charge in [-0.2, -0.15) is 0 Å². The monoisotopic (exact) mass is 328 g/mol. The fraction of sp³-hybridized carbons (Fsp3) is 0.500. The summed E-state index contributed by atoms with van der Waals surface area (Å²) in [6.07, 6.45) is 3.06. The van der Waals surface area contributed by atoms with Crippen molar-refractivity contribution >= 4 is 23.4 Å². The molecule has 1 aliphatic heterocycles. The maximum Gasteiger partial charge on any atom is 0.244 e.